The van der Waals surface area contributed by atoms with Crippen LogP contribution in [-0.4, -0.2) is 15.9 Å². The molecule has 1 aromatic heterocycles. The van der Waals surface area contributed by atoms with Crippen LogP contribution >= 0.6 is 15.9 Å². The van der Waals surface area contributed by atoms with E-state index in [1.165, 1.54) is 0 Å². The molecule has 2 aromatic carbocycles. The van der Waals surface area contributed by atoms with Crippen LogP contribution in [0.5, 0.6) is 0 Å². The maximum Gasteiger partial charge on any atom is 0.274 e. The van der Waals surface area contributed by atoms with Crippen LogP contribution in [0, 0.1) is 13.8 Å². The van der Waals surface area contributed by atoms with Crippen LogP contribution in [0.3, 0.4) is 0 Å². The Hall–Kier alpha value is -2.73. The lowest BCUT2D eigenvalue weighted by atomic mass is 10.2. The first-order valence-corrected chi connectivity index (χ1v) is 8.56. The van der Waals surface area contributed by atoms with Gasteiger partial charge < -0.3 is 10.6 Å². The van der Waals surface area contributed by atoms with Crippen LogP contribution in [0.4, 0.5) is 17.3 Å². The first-order chi connectivity index (χ1) is 12.0. The van der Waals surface area contributed by atoms with Gasteiger partial charge in [0, 0.05) is 15.9 Å². The molecule has 0 aliphatic rings. The molecule has 0 saturated heterocycles. The molecule has 25 heavy (non-hydrogen) atoms. The number of aryl methyl sites for hydroxylation is 2. The highest BCUT2D eigenvalue weighted by molar-refractivity contribution is 9.10. The molecule has 0 radical (unpaired) electrons. The molecule has 0 aliphatic carbocycles. The summed E-state index contributed by atoms with van der Waals surface area (Å²) in [5.41, 5.74) is 3.68. The third-order valence-electron chi connectivity index (χ3n) is 3.49. The molecule has 0 spiro atoms. The summed E-state index contributed by atoms with van der Waals surface area (Å²) >= 11 is 3.46. The summed E-state index contributed by atoms with van der Waals surface area (Å²) in [6, 6.07) is 17.0. The third kappa shape index (κ3) is 4.42. The second kappa shape index (κ2) is 7.44. The molecule has 3 rings (SSSR count). The van der Waals surface area contributed by atoms with E-state index in [0.29, 0.717) is 23.0 Å². The van der Waals surface area contributed by atoms with Gasteiger partial charge in [-0.1, -0.05) is 24.3 Å². The Bertz CT molecular complexity index is 913. The van der Waals surface area contributed by atoms with E-state index >= 15 is 0 Å². The number of amides is 1. The van der Waals surface area contributed by atoms with Crippen molar-refractivity contribution in [3.63, 3.8) is 0 Å². The van der Waals surface area contributed by atoms with E-state index in [2.05, 4.69) is 36.5 Å². The number of hydrogen-bond donors (Lipinski definition) is 2. The number of aromatic nitrogens is 2. The summed E-state index contributed by atoms with van der Waals surface area (Å²) in [5, 5.41) is 5.98. The minimum absolute atomic E-state index is 0.286. The fourth-order valence-electron chi connectivity index (χ4n) is 2.30. The molecule has 0 bridgehead atoms. The van der Waals surface area contributed by atoms with Gasteiger partial charge in [-0.15, -0.1) is 0 Å². The Balaban J connectivity index is 1.82. The molecule has 0 fully saturated rings. The van der Waals surface area contributed by atoms with E-state index in [1.54, 1.807) is 6.07 Å². The van der Waals surface area contributed by atoms with Gasteiger partial charge in [0.25, 0.3) is 5.91 Å². The van der Waals surface area contributed by atoms with E-state index in [1.807, 2.05) is 62.4 Å². The lowest BCUT2D eigenvalue weighted by Gasteiger charge is -2.10. The van der Waals surface area contributed by atoms with Crippen molar-refractivity contribution in [1.29, 1.82) is 0 Å². The molecule has 2 N–H and O–H groups in total. The molecular formula is C19H17BrN4O. The zero-order valence-electron chi connectivity index (χ0n) is 13.9. The maximum absolute atomic E-state index is 12.6. The van der Waals surface area contributed by atoms with E-state index in [4.69, 9.17) is 0 Å². The molecule has 0 saturated carbocycles. The van der Waals surface area contributed by atoms with Crippen molar-refractivity contribution in [3.05, 3.63) is 76.0 Å². The molecule has 0 aliphatic heterocycles. The fourth-order valence-corrected chi connectivity index (χ4v) is 2.89. The molecule has 6 heteroatoms. The van der Waals surface area contributed by atoms with Crippen molar-refractivity contribution in [1.82, 2.24) is 9.97 Å². The highest BCUT2D eigenvalue weighted by Gasteiger charge is 2.12. The number of para-hydroxylation sites is 1. The van der Waals surface area contributed by atoms with Crippen molar-refractivity contribution in [2.45, 2.75) is 13.8 Å². The summed E-state index contributed by atoms with van der Waals surface area (Å²) in [5.74, 6) is 0.102. The highest BCUT2D eigenvalue weighted by atomic mass is 79.9. The Morgan fingerprint density at radius 3 is 2.48 bits per heavy atom. The van der Waals surface area contributed by atoms with Crippen LogP contribution in [0.1, 0.15) is 21.7 Å². The third-order valence-corrected chi connectivity index (χ3v) is 4.15. The maximum atomic E-state index is 12.6. The summed E-state index contributed by atoms with van der Waals surface area (Å²) in [6.07, 6.45) is 0. The number of rotatable bonds is 4. The first kappa shape index (κ1) is 17.1. The van der Waals surface area contributed by atoms with Crippen LogP contribution in [0.15, 0.2) is 59.1 Å². The number of benzene rings is 2. The number of halogens is 1. The van der Waals surface area contributed by atoms with Crippen molar-refractivity contribution < 1.29 is 4.79 Å². The van der Waals surface area contributed by atoms with Gasteiger partial charge in [-0.2, -0.15) is 0 Å². The molecular weight excluding hydrogens is 380 g/mol. The molecule has 126 valence electrons. The number of hydrogen-bond acceptors (Lipinski definition) is 4. The largest absolute Gasteiger partial charge is 0.324 e. The Labute approximate surface area is 154 Å². The normalized spacial score (nSPS) is 10.4. The van der Waals surface area contributed by atoms with Crippen molar-refractivity contribution in [2.75, 3.05) is 10.6 Å². The smallest absolute Gasteiger partial charge is 0.274 e. The second-order valence-electron chi connectivity index (χ2n) is 5.65. The van der Waals surface area contributed by atoms with Crippen LogP contribution in [0.2, 0.25) is 0 Å². The quantitative estimate of drug-likeness (QED) is 0.661. The predicted octanol–water partition coefficient (Wildman–Crippen LogP) is 4.85. The van der Waals surface area contributed by atoms with Crippen LogP contribution in [0.25, 0.3) is 0 Å². The topological polar surface area (TPSA) is 66.9 Å². The molecule has 3 aromatic rings. The molecule has 1 heterocycles. The Morgan fingerprint density at radius 1 is 1.00 bits per heavy atom. The summed E-state index contributed by atoms with van der Waals surface area (Å²) in [7, 11) is 0. The molecule has 1 amide bonds. The number of nitrogens with zero attached hydrogens (tertiary/aromatic N) is 2. The minimum atomic E-state index is -0.286. The van der Waals surface area contributed by atoms with Gasteiger partial charge in [-0.05, 0) is 65.7 Å². The van der Waals surface area contributed by atoms with Gasteiger partial charge in [-0.25, -0.2) is 9.97 Å². The minimum Gasteiger partial charge on any atom is -0.324 e. The van der Waals surface area contributed by atoms with Gasteiger partial charge >= 0.3 is 0 Å². The summed E-state index contributed by atoms with van der Waals surface area (Å²) in [6.45, 7) is 3.82. The van der Waals surface area contributed by atoms with Crippen molar-refractivity contribution >= 4 is 39.2 Å². The van der Waals surface area contributed by atoms with Gasteiger partial charge in [0.05, 0.1) is 5.69 Å². The average molecular weight is 397 g/mol. The van der Waals surface area contributed by atoms with Gasteiger partial charge in [0.15, 0.2) is 0 Å². The second-order valence-corrected chi connectivity index (χ2v) is 6.50. The monoisotopic (exact) mass is 396 g/mol. The predicted molar refractivity (Wildman–Crippen MR) is 103 cm³/mol. The Kier molecular flexibility index (Phi) is 5.09. The lowest BCUT2D eigenvalue weighted by molar-refractivity contribution is 0.102. The molecule has 5 nitrogen and oxygen atoms in total. The highest BCUT2D eigenvalue weighted by Crippen LogP contribution is 2.24. The van der Waals surface area contributed by atoms with Gasteiger partial charge in [-0.3, -0.25) is 4.79 Å². The summed E-state index contributed by atoms with van der Waals surface area (Å²) in [4.78, 5) is 21.2. The van der Waals surface area contributed by atoms with Crippen molar-refractivity contribution in [2.24, 2.45) is 0 Å². The average Bonchev–Trinajstić information content (AvgIpc) is 2.57. The van der Waals surface area contributed by atoms with E-state index in [0.717, 1.165) is 15.7 Å². The first-order valence-electron chi connectivity index (χ1n) is 7.76. The van der Waals surface area contributed by atoms with Crippen LogP contribution < -0.4 is 10.6 Å². The standard InChI is InChI=1S/C19H17BrN4O/c1-12-8-9-16(15(20)10-12)23-18(25)17-11-13(2)21-19(24-17)22-14-6-4-3-5-7-14/h3-11H,1-2H3,(H,23,25)(H,21,22,24). The zero-order valence-corrected chi connectivity index (χ0v) is 15.5. The SMILES string of the molecule is Cc1ccc(NC(=O)c2cc(C)nc(Nc3ccccc3)n2)c(Br)c1. The van der Waals surface area contributed by atoms with Crippen molar-refractivity contribution in [3.8, 4) is 0 Å². The number of anilines is 3. The van der Waals surface area contributed by atoms with Gasteiger partial charge in [0.2, 0.25) is 5.95 Å². The van der Waals surface area contributed by atoms with E-state index in [-0.39, 0.29) is 5.91 Å². The summed E-state index contributed by atoms with van der Waals surface area (Å²) < 4.78 is 0.828. The Morgan fingerprint density at radius 2 is 1.76 bits per heavy atom. The fraction of sp³-hybridized carbons (Fsp3) is 0.105. The van der Waals surface area contributed by atoms with Gasteiger partial charge in [0.1, 0.15) is 5.69 Å². The van der Waals surface area contributed by atoms with E-state index < -0.39 is 0 Å². The number of carbonyl (C=O) groups is 1. The number of nitrogens with one attached hydrogen (secondary N) is 2. The van der Waals surface area contributed by atoms with E-state index in [9.17, 15) is 4.79 Å². The zero-order chi connectivity index (χ0) is 17.8. The lowest BCUT2D eigenvalue weighted by Crippen LogP contribution is -2.15. The van der Waals surface area contributed by atoms with Crippen LogP contribution in [-0.2, 0) is 0 Å². The molecule has 0 unspecified atom stereocenters. The number of carbonyl (C=O) groups excluding carboxylic acids is 1. The molecule has 0 atom stereocenters.